The van der Waals surface area contributed by atoms with E-state index in [4.69, 9.17) is 4.84 Å². The van der Waals surface area contributed by atoms with Crippen LogP contribution in [0.3, 0.4) is 0 Å². The topological polar surface area (TPSA) is 59.0 Å². The molecule has 0 saturated carbocycles. The number of rotatable bonds is 9. The van der Waals surface area contributed by atoms with Crippen molar-refractivity contribution in [1.82, 2.24) is 4.90 Å². The molecule has 0 radical (unpaired) electrons. The number of hydrogen-bond donors (Lipinski definition) is 0. The Bertz CT molecular complexity index is 578. The van der Waals surface area contributed by atoms with Gasteiger partial charge in [0.05, 0.1) is 6.21 Å². The highest BCUT2D eigenvalue weighted by atomic mass is 18.2. The maximum absolute atomic E-state index is 12.7. The molecule has 2 amide bonds. The maximum atomic E-state index is 12.7. The molecule has 0 atom stereocenters. The first-order valence-electron chi connectivity index (χ1n) is 7.61. The number of amides is 2. The molecule has 0 aliphatic carbocycles. The Morgan fingerprint density at radius 2 is 1.65 bits per heavy atom. The summed E-state index contributed by atoms with van der Waals surface area (Å²) in [6, 6.07) is 5.98. The number of benzene rings is 1. The molecule has 122 valence electrons. The third kappa shape index (κ3) is 5.65. The van der Waals surface area contributed by atoms with E-state index in [0.717, 1.165) is 31.2 Å². The standard InChI is InChI=1S/C17H19FN2O3/c18-15-7-5-14(6-8-15)13-19-23-12-4-2-1-3-11-20-16(21)9-10-17(20)22/h5-10,13H,1-4,11-12H2/i18-1. The summed E-state index contributed by atoms with van der Waals surface area (Å²) < 4.78 is 12.7. The van der Waals surface area contributed by atoms with Crippen molar-refractivity contribution < 1.29 is 18.8 Å². The first-order chi connectivity index (χ1) is 11.2. The first-order valence-corrected chi connectivity index (χ1v) is 7.61. The molecule has 2 rings (SSSR count). The van der Waals surface area contributed by atoms with Gasteiger partial charge in [-0.05, 0) is 37.0 Å². The van der Waals surface area contributed by atoms with Gasteiger partial charge in [0, 0.05) is 18.7 Å². The lowest BCUT2D eigenvalue weighted by atomic mass is 10.2. The van der Waals surface area contributed by atoms with Gasteiger partial charge in [0.1, 0.15) is 12.4 Å². The highest BCUT2D eigenvalue weighted by molar-refractivity contribution is 6.12. The fraction of sp³-hybridized carbons (Fsp3) is 0.353. The molecule has 23 heavy (non-hydrogen) atoms. The molecule has 1 aromatic rings. The molecule has 0 bridgehead atoms. The van der Waals surface area contributed by atoms with E-state index in [-0.39, 0.29) is 17.6 Å². The largest absolute Gasteiger partial charge is 0.396 e. The summed E-state index contributed by atoms with van der Waals surface area (Å²) in [5.74, 6) is -0.738. The monoisotopic (exact) mass is 317 g/mol. The predicted molar refractivity (Wildman–Crippen MR) is 84.3 cm³/mol. The van der Waals surface area contributed by atoms with Gasteiger partial charge in [-0.15, -0.1) is 0 Å². The Balaban J connectivity index is 1.49. The lowest BCUT2D eigenvalue weighted by molar-refractivity contribution is -0.136. The first kappa shape index (κ1) is 16.9. The minimum atomic E-state index is -0.281. The van der Waals surface area contributed by atoms with Crippen LogP contribution in [-0.4, -0.2) is 36.1 Å². The third-order valence-corrected chi connectivity index (χ3v) is 3.41. The fourth-order valence-electron chi connectivity index (χ4n) is 2.14. The second-order valence-corrected chi connectivity index (χ2v) is 5.19. The van der Waals surface area contributed by atoms with Crippen LogP contribution in [0.5, 0.6) is 0 Å². The van der Waals surface area contributed by atoms with Gasteiger partial charge in [-0.25, -0.2) is 4.39 Å². The van der Waals surface area contributed by atoms with E-state index in [2.05, 4.69) is 5.16 Å². The summed E-state index contributed by atoms with van der Waals surface area (Å²) in [6.07, 6.45) is 7.64. The van der Waals surface area contributed by atoms with Crippen molar-refractivity contribution in [2.75, 3.05) is 13.2 Å². The Morgan fingerprint density at radius 3 is 2.35 bits per heavy atom. The number of unbranched alkanes of at least 4 members (excludes halogenated alkanes) is 3. The summed E-state index contributed by atoms with van der Waals surface area (Å²) in [4.78, 5) is 29.0. The third-order valence-electron chi connectivity index (χ3n) is 3.41. The molecule has 0 aromatic heterocycles. The van der Waals surface area contributed by atoms with Crippen LogP contribution < -0.4 is 0 Å². The molecular formula is C17H19FN2O3. The molecule has 5 nitrogen and oxygen atoms in total. The van der Waals surface area contributed by atoms with Gasteiger partial charge in [-0.2, -0.15) is 0 Å². The summed E-state index contributed by atoms with van der Waals surface area (Å²) in [5, 5.41) is 3.82. The van der Waals surface area contributed by atoms with E-state index in [9.17, 15) is 14.0 Å². The van der Waals surface area contributed by atoms with E-state index in [1.54, 1.807) is 12.1 Å². The predicted octanol–water partition coefficient (Wildman–Crippen LogP) is 2.66. The van der Waals surface area contributed by atoms with Crippen LogP contribution in [0.4, 0.5) is 4.39 Å². The van der Waals surface area contributed by atoms with Gasteiger partial charge < -0.3 is 4.84 Å². The lowest BCUT2D eigenvalue weighted by Crippen LogP contribution is -2.30. The number of halogens is 1. The molecule has 1 aliphatic heterocycles. The van der Waals surface area contributed by atoms with Crippen molar-refractivity contribution in [3.63, 3.8) is 0 Å². The smallest absolute Gasteiger partial charge is 0.253 e. The van der Waals surface area contributed by atoms with Crippen molar-refractivity contribution >= 4 is 18.0 Å². The second kappa shape index (κ2) is 8.82. The van der Waals surface area contributed by atoms with E-state index >= 15 is 0 Å². The molecule has 0 unspecified atom stereocenters. The van der Waals surface area contributed by atoms with Gasteiger partial charge >= 0.3 is 0 Å². The summed E-state index contributed by atoms with van der Waals surface area (Å²) in [6.45, 7) is 0.967. The van der Waals surface area contributed by atoms with Crippen molar-refractivity contribution in [2.24, 2.45) is 5.16 Å². The molecule has 0 saturated heterocycles. The van der Waals surface area contributed by atoms with Gasteiger partial charge in [-0.3, -0.25) is 14.5 Å². The average molecular weight is 317 g/mol. The number of hydrogen-bond acceptors (Lipinski definition) is 4. The summed E-state index contributed by atoms with van der Waals surface area (Å²) in [5.41, 5.74) is 0.778. The molecule has 1 heterocycles. The quantitative estimate of drug-likeness (QED) is 0.304. The highest BCUT2D eigenvalue weighted by Gasteiger charge is 2.21. The lowest BCUT2D eigenvalue weighted by Gasteiger charge is -2.12. The van der Waals surface area contributed by atoms with E-state index < -0.39 is 0 Å². The normalized spacial score (nSPS) is 14.2. The number of carbonyl (C=O) groups is 2. The molecule has 6 heteroatoms. The minimum absolute atomic E-state index is 0.228. The van der Waals surface area contributed by atoms with Crippen LogP contribution in [0.25, 0.3) is 0 Å². The zero-order chi connectivity index (χ0) is 16.5. The number of oxime groups is 1. The SMILES string of the molecule is O=C1C=CC(=O)N1CCCCCCON=Cc1ccc([18F])cc1. The highest BCUT2D eigenvalue weighted by Crippen LogP contribution is 2.07. The van der Waals surface area contributed by atoms with Crippen molar-refractivity contribution in [3.8, 4) is 0 Å². The van der Waals surface area contributed by atoms with Crippen LogP contribution in [0.1, 0.15) is 31.2 Å². The van der Waals surface area contributed by atoms with Crippen LogP contribution in [-0.2, 0) is 14.4 Å². The van der Waals surface area contributed by atoms with Crippen molar-refractivity contribution in [2.45, 2.75) is 25.7 Å². The van der Waals surface area contributed by atoms with Crippen LogP contribution in [0, 0.1) is 5.82 Å². The van der Waals surface area contributed by atoms with Crippen LogP contribution in [0.15, 0.2) is 41.6 Å². The minimum Gasteiger partial charge on any atom is -0.396 e. The number of nitrogens with zero attached hydrogens (tertiary/aromatic N) is 2. The van der Waals surface area contributed by atoms with Crippen molar-refractivity contribution in [1.29, 1.82) is 0 Å². The second-order valence-electron chi connectivity index (χ2n) is 5.19. The van der Waals surface area contributed by atoms with E-state index in [0.29, 0.717) is 13.2 Å². The van der Waals surface area contributed by atoms with Gasteiger partial charge in [-0.1, -0.05) is 23.7 Å². The Hall–Kier alpha value is -2.50. The summed E-state index contributed by atoms with van der Waals surface area (Å²) >= 11 is 0. The zero-order valence-electron chi connectivity index (χ0n) is 12.8. The van der Waals surface area contributed by atoms with E-state index in [1.807, 2.05) is 0 Å². The zero-order valence-corrected chi connectivity index (χ0v) is 12.8. The van der Waals surface area contributed by atoms with Gasteiger partial charge in [0.15, 0.2) is 0 Å². The number of imide groups is 1. The Morgan fingerprint density at radius 1 is 1.00 bits per heavy atom. The fourth-order valence-corrected chi connectivity index (χ4v) is 2.14. The van der Waals surface area contributed by atoms with Crippen LogP contribution in [0.2, 0.25) is 0 Å². The Labute approximate surface area is 134 Å². The number of carbonyl (C=O) groups excluding carboxylic acids is 2. The molecule has 0 fully saturated rings. The average Bonchev–Trinajstić information content (AvgIpc) is 2.86. The van der Waals surface area contributed by atoms with Crippen LogP contribution >= 0.6 is 0 Å². The van der Waals surface area contributed by atoms with Crippen molar-refractivity contribution in [3.05, 3.63) is 47.8 Å². The maximum Gasteiger partial charge on any atom is 0.253 e. The molecule has 0 N–H and O–H groups in total. The van der Waals surface area contributed by atoms with Gasteiger partial charge in [0.25, 0.3) is 11.8 Å². The molecular weight excluding hydrogens is 298 g/mol. The van der Waals surface area contributed by atoms with Gasteiger partial charge in [0.2, 0.25) is 0 Å². The molecule has 1 aliphatic rings. The Kier molecular flexibility index (Phi) is 6.47. The van der Waals surface area contributed by atoms with E-state index in [1.165, 1.54) is 35.4 Å². The molecule has 0 spiro atoms. The molecule has 1 aromatic carbocycles. The summed E-state index contributed by atoms with van der Waals surface area (Å²) in [7, 11) is 0.